The van der Waals surface area contributed by atoms with Crippen LogP contribution in [0.15, 0.2) is 18.2 Å². The molecule has 1 saturated carbocycles. The van der Waals surface area contributed by atoms with Gasteiger partial charge in [0, 0.05) is 19.7 Å². The molecule has 0 aromatic heterocycles. The fourth-order valence-electron chi connectivity index (χ4n) is 1.86. The molecule has 1 aromatic rings. The molecule has 1 aromatic carbocycles. The van der Waals surface area contributed by atoms with E-state index in [1.54, 1.807) is 19.0 Å². The molecule has 1 amide bonds. The Kier molecular flexibility index (Phi) is 3.60. The second-order valence-electron chi connectivity index (χ2n) is 5.42. The molecule has 0 heterocycles. The van der Waals surface area contributed by atoms with Crippen molar-refractivity contribution in [3.63, 3.8) is 0 Å². The van der Waals surface area contributed by atoms with Crippen molar-refractivity contribution < 1.29 is 9.53 Å². The van der Waals surface area contributed by atoms with E-state index >= 15 is 0 Å². The lowest BCUT2D eigenvalue weighted by molar-refractivity contribution is 0.0827. The lowest BCUT2D eigenvalue weighted by Crippen LogP contribution is -2.21. The summed E-state index contributed by atoms with van der Waals surface area (Å²) in [5.41, 5.74) is 1.85. The number of hydrogen-bond donors (Lipinski definition) is 0. The van der Waals surface area contributed by atoms with E-state index in [9.17, 15) is 4.79 Å². The summed E-state index contributed by atoms with van der Waals surface area (Å²) in [6, 6.07) is 5.75. The van der Waals surface area contributed by atoms with E-state index in [1.807, 2.05) is 18.2 Å². The zero-order chi connectivity index (χ0) is 13.3. The van der Waals surface area contributed by atoms with E-state index in [1.165, 1.54) is 0 Å². The molecule has 0 bridgehead atoms. The Morgan fingerprint density at radius 2 is 2.00 bits per heavy atom. The van der Waals surface area contributed by atoms with Crippen LogP contribution in [0.5, 0.6) is 5.75 Å². The van der Waals surface area contributed by atoms with Gasteiger partial charge >= 0.3 is 0 Å². The maximum atomic E-state index is 12.0. The largest absolute Gasteiger partial charge is 0.490 e. The Morgan fingerprint density at radius 1 is 1.33 bits per heavy atom. The summed E-state index contributed by atoms with van der Waals surface area (Å²) in [5.74, 6) is 1.33. The second kappa shape index (κ2) is 5.01. The average molecular weight is 247 g/mol. The first kappa shape index (κ1) is 12.9. The van der Waals surface area contributed by atoms with E-state index in [4.69, 9.17) is 4.74 Å². The van der Waals surface area contributed by atoms with Gasteiger partial charge in [-0.05, 0) is 42.5 Å². The van der Waals surface area contributed by atoms with Gasteiger partial charge in [0.25, 0.3) is 5.91 Å². The van der Waals surface area contributed by atoms with E-state index in [-0.39, 0.29) is 5.91 Å². The maximum Gasteiger partial charge on any atom is 0.253 e. The second-order valence-corrected chi connectivity index (χ2v) is 5.42. The Labute approximate surface area is 109 Å². The number of carbonyl (C=O) groups is 1. The van der Waals surface area contributed by atoms with Crippen molar-refractivity contribution in [3.05, 3.63) is 29.3 Å². The van der Waals surface area contributed by atoms with Crippen molar-refractivity contribution in [2.75, 3.05) is 14.1 Å². The monoisotopic (exact) mass is 247 g/mol. The number of rotatable bonds is 4. The molecule has 1 fully saturated rings. The van der Waals surface area contributed by atoms with Gasteiger partial charge in [-0.3, -0.25) is 4.79 Å². The lowest BCUT2D eigenvalue weighted by atomic mass is 9.99. The summed E-state index contributed by atoms with van der Waals surface area (Å²) in [6.45, 7) is 4.25. The van der Waals surface area contributed by atoms with Crippen LogP contribution in [-0.2, 0) is 0 Å². The maximum absolute atomic E-state index is 12.0. The minimum atomic E-state index is 0.0369. The van der Waals surface area contributed by atoms with Gasteiger partial charge < -0.3 is 9.64 Å². The summed E-state index contributed by atoms with van der Waals surface area (Å²) in [5, 5.41) is 0. The molecule has 0 radical (unpaired) electrons. The van der Waals surface area contributed by atoms with Crippen molar-refractivity contribution in [2.45, 2.75) is 38.7 Å². The van der Waals surface area contributed by atoms with Crippen LogP contribution in [-0.4, -0.2) is 31.0 Å². The number of nitrogens with zero attached hydrogens (tertiary/aromatic N) is 1. The van der Waals surface area contributed by atoms with Crippen molar-refractivity contribution in [1.29, 1.82) is 0 Å². The molecule has 2 rings (SSSR count). The zero-order valence-electron chi connectivity index (χ0n) is 11.6. The van der Waals surface area contributed by atoms with E-state index in [2.05, 4.69) is 13.8 Å². The van der Waals surface area contributed by atoms with Gasteiger partial charge in [0.05, 0.1) is 6.10 Å². The molecular weight excluding hydrogens is 226 g/mol. The molecule has 98 valence electrons. The first-order valence-electron chi connectivity index (χ1n) is 6.51. The van der Waals surface area contributed by atoms with Crippen molar-refractivity contribution in [2.24, 2.45) is 0 Å². The minimum absolute atomic E-state index is 0.0369. The normalized spacial score (nSPS) is 14.7. The minimum Gasteiger partial charge on any atom is -0.490 e. The number of ether oxygens (including phenoxy) is 1. The molecule has 0 unspecified atom stereocenters. The molecule has 0 N–H and O–H groups in total. The third-order valence-electron chi connectivity index (χ3n) is 3.10. The SMILES string of the molecule is CC(C)c1cc(C(=O)N(C)C)ccc1OC1CC1. The number of benzene rings is 1. The summed E-state index contributed by atoms with van der Waals surface area (Å²) in [4.78, 5) is 13.5. The van der Waals surface area contributed by atoms with Crippen LogP contribution in [0.4, 0.5) is 0 Å². The van der Waals surface area contributed by atoms with Crippen LogP contribution >= 0.6 is 0 Å². The summed E-state index contributed by atoms with van der Waals surface area (Å²) in [7, 11) is 3.54. The Balaban J connectivity index is 2.29. The molecule has 0 atom stereocenters. The average Bonchev–Trinajstić information content (AvgIpc) is 3.12. The molecule has 0 aliphatic heterocycles. The topological polar surface area (TPSA) is 29.5 Å². The lowest BCUT2D eigenvalue weighted by Gasteiger charge is -2.16. The third-order valence-corrected chi connectivity index (χ3v) is 3.10. The van der Waals surface area contributed by atoms with Gasteiger partial charge in [-0.1, -0.05) is 13.8 Å². The predicted molar refractivity (Wildman–Crippen MR) is 72.2 cm³/mol. The number of carbonyl (C=O) groups excluding carboxylic acids is 1. The number of amides is 1. The highest BCUT2D eigenvalue weighted by atomic mass is 16.5. The molecule has 18 heavy (non-hydrogen) atoms. The number of hydrogen-bond acceptors (Lipinski definition) is 2. The molecular formula is C15H21NO2. The van der Waals surface area contributed by atoms with Gasteiger partial charge in [0.15, 0.2) is 0 Å². The van der Waals surface area contributed by atoms with Gasteiger partial charge in [0.2, 0.25) is 0 Å². The fraction of sp³-hybridized carbons (Fsp3) is 0.533. The quantitative estimate of drug-likeness (QED) is 0.818. The highest BCUT2D eigenvalue weighted by Crippen LogP contribution is 2.33. The Bertz CT molecular complexity index is 448. The summed E-state index contributed by atoms with van der Waals surface area (Å²) < 4.78 is 5.89. The van der Waals surface area contributed by atoms with Crippen LogP contribution in [0.1, 0.15) is 48.5 Å². The van der Waals surface area contributed by atoms with Gasteiger partial charge in [-0.25, -0.2) is 0 Å². The third kappa shape index (κ3) is 2.84. The van der Waals surface area contributed by atoms with Gasteiger partial charge in [0.1, 0.15) is 5.75 Å². The Morgan fingerprint density at radius 3 is 2.50 bits per heavy atom. The van der Waals surface area contributed by atoms with E-state index in [0.29, 0.717) is 12.0 Å². The van der Waals surface area contributed by atoms with Crippen molar-refractivity contribution >= 4 is 5.91 Å². The van der Waals surface area contributed by atoms with Crippen LogP contribution in [0.2, 0.25) is 0 Å². The summed E-state index contributed by atoms with van der Waals surface area (Å²) in [6.07, 6.45) is 2.68. The predicted octanol–water partition coefficient (Wildman–Crippen LogP) is 3.05. The van der Waals surface area contributed by atoms with Gasteiger partial charge in [-0.2, -0.15) is 0 Å². The van der Waals surface area contributed by atoms with Crippen molar-refractivity contribution in [1.82, 2.24) is 4.90 Å². The standard InChI is InChI=1S/C15H21NO2/c1-10(2)13-9-11(15(17)16(3)4)5-8-14(13)18-12-6-7-12/h5,8-10,12H,6-7H2,1-4H3. The first-order valence-corrected chi connectivity index (χ1v) is 6.51. The molecule has 3 nitrogen and oxygen atoms in total. The van der Waals surface area contributed by atoms with E-state index < -0.39 is 0 Å². The smallest absolute Gasteiger partial charge is 0.253 e. The fourth-order valence-corrected chi connectivity index (χ4v) is 1.86. The van der Waals surface area contributed by atoms with E-state index in [0.717, 1.165) is 29.7 Å². The summed E-state index contributed by atoms with van der Waals surface area (Å²) >= 11 is 0. The molecule has 3 heteroatoms. The highest BCUT2D eigenvalue weighted by molar-refractivity contribution is 5.94. The molecule has 0 spiro atoms. The molecule has 0 saturated heterocycles. The highest BCUT2D eigenvalue weighted by Gasteiger charge is 2.25. The first-order chi connectivity index (χ1) is 8.49. The van der Waals surface area contributed by atoms with Crippen LogP contribution < -0.4 is 4.74 Å². The van der Waals surface area contributed by atoms with Crippen LogP contribution in [0.25, 0.3) is 0 Å². The van der Waals surface area contributed by atoms with Crippen LogP contribution in [0, 0.1) is 0 Å². The van der Waals surface area contributed by atoms with Gasteiger partial charge in [-0.15, -0.1) is 0 Å². The Hall–Kier alpha value is -1.51. The zero-order valence-corrected chi connectivity index (χ0v) is 11.6. The van der Waals surface area contributed by atoms with Crippen LogP contribution in [0.3, 0.4) is 0 Å². The molecule has 1 aliphatic rings. The van der Waals surface area contributed by atoms with Crippen molar-refractivity contribution in [3.8, 4) is 5.75 Å². The molecule has 1 aliphatic carbocycles.